The van der Waals surface area contributed by atoms with Crippen LogP contribution < -0.4 is 5.32 Å². The molecular weight excluding hydrogens is 317 g/mol. The number of nitrogens with one attached hydrogen (secondary N) is 1. The van der Waals surface area contributed by atoms with Crippen molar-refractivity contribution in [2.75, 3.05) is 11.9 Å². The molecule has 0 saturated carbocycles. The van der Waals surface area contributed by atoms with Crippen LogP contribution in [0.5, 0.6) is 0 Å². The van der Waals surface area contributed by atoms with Crippen LogP contribution in [0.4, 0.5) is 10.1 Å². The fourth-order valence-corrected chi connectivity index (χ4v) is 4.00. The van der Waals surface area contributed by atoms with Crippen LogP contribution in [0.2, 0.25) is 0 Å². The molecule has 25 heavy (non-hydrogen) atoms. The molecule has 128 valence electrons. The number of rotatable bonds is 3. The predicted octanol–water partition coefficient (Wildman–Crippen LogP) is 4.83. The van der Waals surface area contributed by atoms with Gasteiger partial charge in [-0.15, -0.1) is 0 Å². The average molecular weight is 337 g/mol. The van der Waals surface area contributed by atoms with Crippen molar-refractivity contribution in [1.82, 2.24) is 0 Å². The highest BCUT2D eigenvalue weighted by atomic mass is 19.1. The van der Waals surface area contributed by atoms with Crippen LogP contribution >= 0.6 is 0 Å². The van der Waals surface area contributed by atoms with Gasteiger partial charge in [0.05, 0.1) is 23.9 Å². The first-order valence-corrected chi connectivity index (χ1v) is 8.67. The molecule has 2 aromatic carbocycles. The number of fused-ring (bicyclic) bond motifs is 3. The number of hydrogen-bond acceptors (Lipinski definition) is 3. The molecule has 0 fully saturated rings. The van der Waals surface area contributed by atoms with E-state index in [4.69, 9.17) is 4.74 Å². The summed E-state index contributed by atoms with van der Waals surface area (Å²) in [6.45, 7) is 2.15. The topological polar surface area (TPSA) is 38.3 Å². The lowest BCUT2D eigenvalue weighted by atomic mass is 9.76. The molecular formula is C21H20FNO2. The minimum absolute atomic E-state index is 0.0312. The first kappa shape index (κ1) is 15.9. The van der Waals surface area contributed by atoms with Gasteiger partial charge >= 0.3 is 5.97 Å². The Balaban J connectivity index is 1.79. The van der Waals surface area contributed by atoms with Crippen molar-refractivity contribution in [1.29, 1.82) is 0 Å². The second-order valence-electron chi connectivity index (χ2n) is 6.52. The fraction of sp³-hybridized carbons (Fsp3) is 0.286. The second-order valence-corrected chi connectivity index (χ2v) is 6.52. The minimum atomic E-state index is -0.315. The third-order valence-electron chi connectivity index (χ3n) is 5.12. The highest BCUT2D eigenvalue weighted by Gasteiger charge is 2.39. The van der Waals surface area contributed by atoms with E-state index in [1.54, 1.807) is 13.0 Å². The van der Waals surface area contributed by atoms with Gasteiger partial charge in [0.1, 0.15) is 5.82 Å². The van der Waals surface area contributed by atoms with Crippen LogP contribution in [-0.2, 0) is 4.74 Å². The Bertz CT molecular complexity index is 828. The normalized spacial score (nSPS) is 23.5. The Hall–Kier alpha value is -2.62. The summed E-state index contributed by atoms with van der Waals surface area (Å²) in [6.07, 6.45) is 5.37. The Kier molecular flexibility index (Phi) is 4.04. The van der Waals surface area contributed by atoms with Gasteiger partial charge in [0.15, 0.2) is 0 Å². The van der Waals surface area contributed by atoms with Crippen molar-refractivity contribution < 1.29 is 13.9 Å². The molecule has 0 radical (unpaired) electrons. The molecule has 2 aliphatic rings. The van der Waals surface area contributed by atoms with Crippen LogP contribution in [0.25, 0.3) is 0 Å². The van der Waals surface area contributed by atoms with Gasteiger partial charge in [-0.1, -0.05) is 36.4 Å². The van der Waals surface area contributed by atoms with Gasteiger partial charge in [-0.05, 0) is 48.6 Å². The van der Waals surface area contributed by atoms with Crippen molar-refractivity contribution in [3.05, 3.63) is 77.1 Å². The quantitative estimate of drug-likeness (QED) is 0.644. The van der Waals surface area contributed by atoms with Gasteiger partial charge in [0.2, 0.25) is 0 Å². The number of para-hydroxylation sites is 1. The van der Waals surface area contributed by atoms with Gasteiger partial charge in [0.25, 0.3) is 0 Å². The molecule has 3 nitrogen and oxygen atoms in total. The third kappa shape index (κ3) is 2.72. The van der Waals surface area contributed by atoms with Gasteiger partial charge in [-0.25, -0.2) is 9.18 Å². The van der Waals surface area contributed by atoms with Gasteiger partial charge in [0, 0.05) is 5.92 Å². The summed E-state index contributed by atoms with van der Waals surface area (Å²) >= 11 is 0. The van der Waals surface area contributed by atoms with Gasteiger partial charge < -0.3 is 10.1 Å². The maximum atomic E-state index is 13.3. The molecule has 2 aromatic rings. The summed E-state index contributed by atoms with van der Waals surface area (Å²) in [4.78, 5) is 12.4. The molecule has 1 aliphatic heterocycles. The van der Waals surface area contributed by atoms with E-state index in [1.807, 2.05) is 18.2 Å². The van der Waals surface area contributed by atoms with Gasteiger partial charge in [-0.3, -0.25) is 0 Å². The van der Waals surface area contributed by atoms with Crippen molar-refractivity contribution >= 4 is 11.7 Å². The van der Waals surface area contributed by atoms with Crippen LogP contribution in [0, 0.1) is 11.7 Å². The first-order valence-electron chi connectivity index (χ1n) is 8.67. The Morgan fingerprint density at radius 3 is 2.80 bits per heavy atom. The van der Waals surface area contributed by atoms with Crippen LogP contribution in [0.15, 0.2) is 54.6 Å². The second kappa shape index (κ2) is 6.36. The SMILES string of the molecule is CCOC(=O)c1cccc2c1N[C@H](c1ccc(F)cc1)[C@H]1CC=C[C@H]21. The van der Waals surface area contributed by atoms with Crippen molar-refractivity contribution in [2.24, 2.45) is 5.92 Å². The first-order chi connectivity index (χ1) is 12.2. The number of esters is 1. The number of hydrogen-bond donors (Lipinski definition) is 1. The Labute approximate surface area is 146 Å². The van der Waals surface area contributed by atoms with E-state index in [0.717, 1.165) is 23.2 Å². The summed E-state index contributed by atoms with van der Waals surface area (Å²) in [6, 6.07) is 12.4. The number of ether oxygens (including phenoxy) is 1. The summed E-state index contributed by atoms with van der Waals surface area (Å²) in [5.41, 5.74) is 3.56. The zero-order valence-electron chi connectivity index (χ0n) is 14.0. The molecule has 1 N–H and O–H groups in total. The molecule has 4 heteroatoms. The van der Waals surface area contributed by atoms with Crippen LogP contribution in [0.3, 0.4) is 0 Å². The lowest BCUT2D eigenvalue weighted by Crippen LogP contribution is -2.30. The van der Waals surface area contributed by atoms with Gasteiger partial charge in [-0.2, -0.15) is 0 Å². The molecule has 0 saturated heterocycles. The van der Waals surface area contributed by atoms with E-state index in [0.29, 0.717) is 18.1 Å². The van der Waals surface area contributed by atoms with E-state index in [-0.39, 0.29) is 23.7 Å². The Morgan fingerprint density at radius 1 is 1.24 bits per heavy atom. The van der Waals surface area contributed by atoms with Crippen LogP contribution in [-0.4, -0.2) is 12.6 Å². The lowest BCUT2D eigenvalue weighted by molar-refractivity contribution is 0.0527. The summed E-state index contributed by atoms with van der Waals surface area (Å²) < 4.78 is 18.5. The predicted molar refractivity (Wildman–Crippen MR) is 95.2 cm³/mol. The lowest BCUT2D eigenvalue weighted by Gasteiger charge is -2.38. The average Bonchev–Trinajstić information content (AvgIpc) is 3.11. The summed E-state index contributed by atoms with van der Waals surface area (Å²) in [7, 11) is 0. The standard InChI is InChI=1S/C21H20FNO2/c1-2-25-21(24)18-8-4-7-17-15-5-3-6-16(15)19(23-20(17)18)13-9-11-14(22)12-10-13/h3-5,7-12,15-16,19,23H,2,6H2,1H3/t15-,16-,19+/m0/s1. The summed E-state index contributed by atoms with van der Waals surface area (Å²) in [5.74, 6) is 0.0505. The molecule has 1 heterocycles. The zero-order chi connectivity index (χ0) is 17.4. The number of anilines is 1. The number of benzene rings is 2. The van der Waals surface area contributed by atoms with E-state index in [2.05, 4.69) is 23.5 Å². The maximum Gasteiger partial charge on any atom is 0.340 e. The maximum absolute atomic E-state index is 13.3. The van der Waals surface area contributed by atoms with Crippen molar-refractivity contribution in [3.8, 4) is 0 Å². The largest absolute Gasteiger partial charge is 0.462 e. The Morgan fingerprint density at radius 2 is 2.04 bits per heavy atom. The van der Waals surface area contributed by atoms with Crippen molar-refractivity contribution in [2.45, 2.75) is 25.3 Å². The van der Waals surface area contributed by atoms with E-state index < -0.39 is 0 Å². The number of allylic oxidation sites excluding steroid dienone is 2. The summed E-state index contributed by atoms with van der Waals surface area (Å²) in [5, 5.41) is 3.55. The number of carbonyl (C=O) groups excluding carboxylic acids is 1. The molecule has 0 aromatic heterocycles. The van der Waals surface area contributed by atoms with E-state index in [1.165, 1.54) is 12.1 Å². The monoisotopic (exact) mass is 337 g/mol. The van der Waals surface area contributed by atoms with E-state index >= 15 is 0 Å². The third-order valence-corrected chi connectivity index (χ3v) is 5.12. The molecule has 1 aliphatic carbocycles. The van der Waals surface area contributed by atoms with Crippen LogP contribution in [0.1, 0.15) is 46.8 Å². The van der Waals surface area contributed by atoms with E-state index in [9.17, 15) is 9.18 Å². The number of halogens is 1. The molecule has 0 bridgehead atoms. The molecule has 0 amide bonds. The minimum Gasteiger partial charge on any atom is -0.462 e. The molecule has 3 atom stereocenters. The smallest absolute Gasteiger partial charge is 0.340 e. The highest BCUT2D eigenvalue weighted by Crippen LogP contribution is 2.50. The zero-order valence-corrected chi connectivity index (χ0v) is 14.0. The van der Waals surface area contributed by atoms with Crippen molar-refractivity contribution in [3.63, 3.8) is 0 Å². The fourth-order valence-electron chi connectivity index (χ4n) is 4.00. The molecule has 0 unspecified atom stereocenters. The highest BCUT2D eigenvalue weighted by molar-refractivity contribution is 5.97. The molecule has 0 spiro atoms. The molecule has 4 rings (SSSR count). The number of carbonyl (C=O) groups is 1.